The van der Waals surface area contributed by atoms with Crippen LogP contribution in [0.25, 0.3) is 10.2 Å². The molecule has 0 saturated heterocycles. The van der Waals surface area contributed by atoms with Gasteiger partial charge in [-0.25, -0.2) is 0 Å². The Hall–Kier alpha value is -2.47. The van der Waals surface area contributed by atoms with Gasteiger partial charge in [0.05, 0.1) is 21.7 Å². The molecule has 0 radical (unpaired) electrons. The number of fused-ring (bicyclic) bond motifs is 1. The molecule has 0 atom stereocenters. The van der Waals surface area contributed by atoms with Crippen LogP contribution < -0.4 is 4.87 Å². The van der Waals surface area contributed by atoms with E-state index in [1.54, 1.807) is 16.7 Å². The fourth-order valence-corrected chi connectivity index (χ4v) is 2.96. The van der Waals surface area contributed by atoms with Gasteiger partial charge in [0.2, 0.25) is 0 Å². The lowest BCUT2D eigenvalue weighted by Gasteiger charge is -2.03. The van der Waals surface area contributed by atoms with Crippen LogP contribution in [0.4, 0.5) is 5.69 Å². The van der Waals surface area contributed by atoms with E-state index in [9.17, 15) is 14.9 Å². The van der Waals surface area contributed by atoms with Gasteiger partial charge in [-0.05, 0) is 17.7 Å². The molecule has 0 aliphatic rings. The number of aromatic nitrogens is 1. The maximum absolute atomic E-state index is 12.0. The topological polar surface area (TPSA) is 65.1 Å². The largest absolute Gasteiger partial charge is 0.308 e. The van der Waals surface area contributed by atoms with E-state index < -0.39 is 4.92 Å². The molecular formula is C14H10N2O3S. The molecule has 3 rings (SSSR count). The fourth-order valence-electron chi connectivity index (χ4n) is 2.07. The molecule has 6 heteroatoms. The predicted molar refractivity (Wildman–Crippen MR) is 78.3 cm³/mol. The number of nitro benzene ring substituents is 1. The van der Waals surface area contributed by atoms with E-state index in [0.717, 1.165) is 15.8 Å². The van der Waals surface area contributed by atoms with Gasteiger partial charge >= 0.3 is 4.87 Å². The predicted octanol–water partition coefficient (Wildman–Crippen LogP) is 3.02. The number of nitrogens with zero attached hydrogens (tertiary/aromatic N) is 2. The molecule has 0 aliphatic heterocycles. The van der Waals surface area contributed by atoms with Gasteiger partial charge in [0, 0.05) is 12.1 Å². The first-order valence-electron chi connectivity index (χ1n) is 5.97. The van der Waals surface area contributed by atoms with Crippen molar-refractivity contribution in [1.29, 1.82) is 0 Å². The summed E-state index contributed by atoms with van der Waals surface area (Å²) < 4.78 is 2.63. The average Bonchev–Trinajstić information content (AvgIpc) is 2.76. The highest BCUT2D eigenvalue weighted by Gasteiger charge is 2.09. The molecule has 0 amide bonds. The zero-order chi connectivity index (χ0) is 14.1. The highest BCUT2D eigenvalue weighted by molar-refractivity contribution is 7.16. The van der Waals surface area contributed by atoms with Crippen molar-refractivity contribution in [2.75, 3.05) is 0 Å². The Kier molecular flexibility index (Phi) is 3.08. The Morgan fingerprint density at radius 3 is 2.50 bits per heavy atom. The summed E-state index contributed by atoms with van der Waals surface area (Å²) >= 11 is 1.21. The number of rotatable bonds is 3. The molecule has 2 aromatic carbocycles. The van der Waals surface area contributed by atoms with Crippen molar-refractivity contribution in [3.63, 3.8) is 0 Å². The monoisotopic (exact) mass is 286 g/mol. The van der Waals surface area contributed by atoms with Crippen LogP contribution in [0.5, 0.6) is 0 Å². The first-order chi connectivity index (χ1) is 9.65. The summed E-state index contributed by atoms with van der Waals surface area (Å²) in [5.74, 6) is 0. The van der Waals surface area contributed by atoms with Crippen molar-refractivity contribution in [3.8, 4) is 0 Å². The van der Waals surface area contributed by atoms with E-state index in [-0.39, 0.29) is 10.6 Å². The van der Waals surface area contributed by atoms with E-state index in [1.165, 1.54) is 23.5 Å². The second-order valence-corrected chi connectivity index (χ2v) is 5.34. The lowest BCUT2D eigenvalue weighted by molar-refractivity contribution is -0.384. The number of nitro groups is 1. The molecule has 0 spiro atoms. The minimum absolute atomic E-state index is 0.0236. The number of thiazole rings is 1. The molecule has 1 aromatic heterocycles. The van der Waals surface area contributed by atoms with E-state index >= 15 is 0 Å². The molecule has 0 fully saturated rings. The summed E-state index contributed by atoms with van der Waals surface area (Å²) in [6.07, 6.45) is 0. The van der Waals surface area contributed by atoms with E-state index in [2.05, 4.69) is 0 Å². The summed E-state index contributed by atoms with van der Waals surface area (Å²) in [5, 5.41) is 10.6. The summed E-state index contributed by atoms with van der Waals surface area (Å²) in [4.78, 5) is 22.1. The van der Waals surface area contributed by atoms with Gasteiger partial charge in [-0.15, -0.1) is 0 Å². The first-order valence-corrected chi connectivity index (χ1v) is 6.78. The highest BCUT2D eigenvalue weighted by Crippen LogP contribution is 2.18. The standard InChI is InChI=1S/C14H10N2O3S/c17-14-15(12-3-1-2-4-13(12)20-14)9-10-5-7-11(8-6-10)16(18)19/h1-8H,9H2. The third kappa shape index (κ3) is 2.21. The Bertz CT molecular complexity index is 833. The molecule has 0 unspecified atom stereocenters. The molecule has 0 bridgehead atoms. The minimum Gasteiger partial charge on any atom is -0.294 e. The molecular weight excluding hydrogens is 276 g/mol. The molecule has 0 saturated carbocycles. The van der Waals surface area contributed by atoms with Crippen LogP contribution in [0.15, 0.2) is 53.3 Å². The third-order valence-corrected chi connectivity index (χ3v) is 4.02. The van der Waals surface area contributed by atoms with Crippen LogP contribution in [0.1, 0.15) is 5.56 Å². The van der Waals surface area contributed by atoms with Gasteiger partial charge in [-0.1, -0.05) is 35.6 Å². The second kappa shape index (κ2) is 4.90. The number of hydrogen-bond acceptors (Lipinski definition) is 4. The van der Waals surface area contributed by atoms with Crippen LogP contribution in [-0.2, 0) is 6.54 Å². The first kappa shape index (κ1) is 12.6. The van der Waals surface area contributed by atoms with Crippen molar-refractivity contribution in [2.45, 2.75) is 6.54 Å². The lowest BCUT2D eigenvalue weighted by atomic mass is 10.2. The van der Waals surface area contributed by atoms with Crippen molar-refractivity contribution >= 4 is 27.2 Å². The molecule has 100 valence electrons. The van der Waals surface area contributed by atoms with Gasteiger partial charge < -0.3 is 0 Å². The van der Waals surface area contributed by atoms with Gasteiger partial charge in [-0.3, -0.25) is 19.5 Å². The van der Waals surface area contributed by atoms with Crippen molar-refractivity contribution in [3.05, 3.63) is 73.9 Å². The van der Waals surface area contributed by atoms with Gasteiger partial charge in [0.25, 0.3) is 5.69 Å². The van der Waals surface area contributed by atoms with Crippen molar-refractivity contribution in [1.82, 2.24) is 4.57 Å². The summed E-state index contributed by atoms with van der Waals surface area (Å²) in [6.45, 7) is 0.418. The third-order valence-electron chi connectivity index (χ3n) is 3.06. The SMILES string of the molecule is O=c1sc2ccccc2n1Cc1ccc([N+](=O)[O-])cc1. The van der Waals surface area contributed by atoms with Crippen LogP contribution in [0.3, 0.4) is 0 Å². The number of hydrogen-bond donors (Lipinski definition) is 0. The fraction of sp³-hybridized carbons (Fsp3) is 0.0714. The Morgan fingerprint density at radius 2 is 1.80 bits per heavy atom. The van der Waals surface area contributed by atoms with E-state index in [1.807, 2.05) is 24.3 Å². The molecule has 1 heterocycles. The second-order valence-electron chi connectivity index (χ2n) is 4.35. The lowest BCUT2D eigenvalue weighted by Crippen LogP contribution is -2.13. The minimum atomic E-state index is -0.435. The Balaban J connectivity index is 1.99. The van der Waals surface area contributed by atoms with Crippen LogP contribution in [0.2, 0.25) is 0 Å². The Labute approximate surface area is 117 Å². The average molecular weight is 286 g/mol. The maximum Gasteiger partial charge on any atom is 0.308 e. The summed E-state index contributed by atoms with van der Waals surface area (Å²) in [7, 11) is 0. The van der Waals surface area contributed by atoms with Gasteiger partial charge in [0.15, 0.2) is 0 Å². The smallest absolute Gasteiger partial charge is 0.294 e. The van der Waals surface area contributed by atoms with E-state index in [0.29, 0.717) is 6.54 Å². The zero-order valence-corrected chi connectivity index (χ0v) is 11.2. The zero-order valence-electron chi connectivity index (χ0n) is 10.4. The molecule has 3 aromatic rings. The molecule has 0 aliphatic carbocycles. The Morgan fingerprint density at radius 1 is 1.10 bits per heavy atom. The number of benzene rings is 2. The summed E-state index contributed by atoms with van der Waals surface area (Å²) in [6, 6.07) is 13.9. The van der Waals surface area contributed by atoms with Crippen LogP contribution in [0, 0.1) is 10.1 Å². The van der Waals surface area contributed by atoms with Crippen molar-refractivity contribution < 1.29 is 4.92 Å². The van der Waals surface area contributed by atoms with Crippen LogP contribution in [-0.4, -0.2) is 9.49 Å². The number of non-ortho nitro benzene ring substituents is 1. The highest BCUT2D eigenvalue weighted by atomic mass is 32.1. The molecule has 20 heavy (non-hydrogen) atoms. The van der Waals surface area contributed by atoms with Gasteiger partial charge in [-0.2, -0.15) is 0 Å². The van der Waals surface area contributed by atoms with E-state index in [4.69, 9.17) is 0 Å². The summed E-state index contributed by atoms with van der Waals surface area (Å²) in [5.41, 5.74) is 1.80. The molecule has 5 nitrogen and oxygen atoms in total. The van der Waals surface area contributed by atoms with Crippen LogP contribution >= 0.6 is 11.3 Å². The maximum atomic E-state index is 12.0. The normalized spacial score (nSPS) is 10.8. The molecule has 0 N–H and O–H groups in total. The quantitative estimate of drug-likeness (QED) is 0.549. The van der Waals surface area contributed by atoms with Crippen molar-refractivity contribution in [2.24, 2.45) is 0 Å². The number of para-hydroxylation sites is 1. The van der Waals surface area contributed by atoms with Gasteiger partial charge in [0.1, 0.15) is 0 Å².